The number of aryl methyl sites for hydroxylation is 1. The molecule has 2 rings (SSSR count). The maximum atomic E-state index is 11.7. The highest BCUT2D eigenvalue weighted by Gasteiger charge is 2.21. The summed E-state index contributed by atoms with van der Waals surface area (Å²) in [6.07, 6.45) is 7.97. The molecule has 0 radical (unpaired) electrons. The van der Waals surface area contributed by atoms with Crippen LogP contribution in [0.5, 0.6) is 0 Å². The van der Waals surface area contributed by atoms with E-state index in [-0.39, 0.29) is 5.69 Å². The number of hydrogen-bond donors (Lipinski definition) is 0. The van der Waals surface area contributed by atoms with Gasteiger partial charge in [-0.15, -0.1) is 6.58 Å². The lowest BCUT2D eigenvalue weighted by Crippen LogP contribution is -2.23. The first kappa shape index (κ1) is 9.96. The molecule has 0 amide bonds. The zero-order chi connectivity index (χ0) is 10.8. The number of allylic oxidation sites excluding steroid dienone is 3. The van der Waals surface area contributed by atoms with E-state index in [9.17, 15) is 4.79 Å². The molecule has 1 heterocycles. The van der Waals surface area contributed by atoms with E-state index < -0.39 is 0 Å². The Hall–Kier alpha value is -1.58. The van der Waals surface area contributed by atoms with Crippen molar-refractivity contribution in [2.24, 2.45) is 7.05 Å². The van der Waals surface area contributed by atoms with Crippen LogP contribution < -0.4 is 5.69 Å². The third-order valence-electron chi connectivity index (χ3n) is 2.72. The van der Waals surface area contributed by atoms with Crippen molar-refractivity contribution in [1.29, 1.82) is 0 Å². The van der Waals surface area contributed by atoms with Crippen molar-refractivity contribution >= 4 is 0 Å². The van der Waals surface area contributed by atoms with Crippen LogP contribution in [0.1, 0.15) is 24.6 Å². The largest absolute Gasteiger partial charge is 0.345 e. The molecule has 1 aromatic rings. The summed E-state index contributed by atoms with van der Waals surface area (Å²) in [6, 6.07) is 0. The molecule has 4 nitrogen and oxygen atoms in total. The summed E-state index contributed by atoms with van der Waals surface area (Å²) in [5.41, 5.74) is -0.0585. The van der Waals surface area contributed by atoms with Crippen LogP contribution in [-0.2, 0) is 13.6 Å². The fourth-order valence-corrected chi connectivity index (χ4v) is 1.95. The lowest BCUT2D eigenvalue weighted by molar-refractivity contribution is 0.621. The third-order valence-corrected chi connectivity index (χ3v) is 2.72. The Bertz CT molecular complexity index is 445. The van der Waals surface area contributed by atoms with Gasteiger partial charge in [-0.25, -0.2) is 9.48 Å². The van der Waals surface area contributed by atoms with Crippen LogP contribution in [0.15, 0.2) is 29.6 Å². The minimum Gasteiger partial charge on any atom is -0.275 e. The number of rotatable bonds is 3. The number of nitrogens with zero attached hydrogens (tertiary/aromatic N) is 3. The molecule has 0 saturated carbocycles. The summed E-state index contributed by atoms with van der Waals surface area (Å²) >= 11 is 0. The van der Waals surface area contributed by atoms with E-state index in [0.717, 1.165) is 18.7 Å². The lowest BCUT2D eigenvalue weighted by atomic mass is 10.1. The van der Waals surface area contributed by atoms with Gasteiger partial charge in [-0.3, -0.25) is 4.57 Å². The quantitative estimate of drug-likeness (QED) is 0.696. The van der Waals surface area contributed by atoms with Gasteiger partial charge in [0.1, 0.15) is 5.82 Å². The van der Waals surface area contributed by atoms with Crippen molar-refractivity contribution < 1.29 is 0 Å². The Morgan fingerprint density at radius 2 is 2.27 bits per heavy atom. The number of hydrogen-bond acceptors (Lipinski definition) is 2. The SMILES string of the molecule is C=CCn1c(C2CC=CC2)nn(C)c1=O. The molecule has 0 aromatic carbocycles. The van der Waals surface area contributed by atoms with E-state index in [1.54, 1.807) is 17.7 Å². The van der Waals surface area contributed by atoms with Crippen LogP contribution in [0.4, 0.5) is 0 Å². The Balaban J connectivity index is 2.41. The molecule has 0 atom stereocenters. The molecule has 0 spiro atoms. The highest BCUT2D eigenvalue weighted by molar-refractivity contribution is 5.09. The van der Waals surface area contributed by atoms with Gasteiger partial charge in [-0.2, -0.15) is 5.10 Å². The Kier molecular flexibility index (Phi) is 2.58. The lowest BCUT2D eigenvalue weighted by Gasteiger charge is -2.08. The topological polar surface area (TPSA) is 39.8 Å². The van der Waals surface area contributed by atoms with Gasteiger partial charge in [0.25, 0.3) is 0 Å². The van der Waals surface area contributed by atoms with Gasteiger partial charge in [-0.1, -0.05) is 18.2 Å². The van der Waals surface area contributed by atoms with Gasteiger partial charge < -0.3 is 0 Å². The predicted molar refractivity (Wildman–Crippen MR) is 58.8 cm³/mol. The average Bonchev–Trinajstić information content (AvgIpc) is 2.81. The van der Waals surface area contributed by atoms with Crippen molar-refractivity contribution in [3.05, 3.63) is 41.1 Å². The van der Waals surface area contributed by atoms with E-state index in [1.165, 1.54) is 4.68 Å². The van der Waals surface area contributed by atoms with Crippen LogP contribution in [-0.4, -0.2) is 14.3 Å². The molecule has 0 unspecified atom stereocenters. The van der Waals surface area contributed by atoms with Gasteiger partial charge in [-0.05, 0) is 12.8 Å². The third kappa shape index (κ3) is 1.67. The van der Waals surface area contributed by atoms with Crippen LogP contribution in [0.25, 0.3) is 0 Å². The monoisotopic (exact) mass is 205 g/mol. The van der Waals surface area contributed by atoms with Crippen molar-refractivity contribution in [2.45, 2.75) is 25.3 Å². The highest BCUT2D eigenvalue weighted by atomic mass is 16.2. The van der Waals surface area contributed by atoms with E-state index in [1.807, 2.05) is 0 Å². The molecule has 0 N–H and O–H groups in total. The molecule has 1 aliphatic rings. The zero-order valence-corrected chi connectivity index (χ0v) is 8.89. The van der Waals surface area contributed by atoms with Crippen molar-refractivity contribution in [1.82, 2.24) is 14.3 Å². The van der Waals surface area contributed by atoms with Crippen molar-refractivity contribution in [3.63, 3.8) is 0 Å². The molecule has 15 heavy (non-hydrogen) atoms. The Morgan fingerprint density at radius 3 is 2.87 bits per heavy atom. The van der Waals surface area contributed by atoms with Crippen LogP contribution in [0, 0.1) is 0 Å². The van der Waals surface area contributed by atoms with Gasteiger partial charge in [0.2, 0.25) is 0 Å². The smallest absolute Gasteiger partial charge is 0.275 e. The molecule has 4 heteroatoms. The first-order valence-corrected chi connectivity index (χ1v) is 5.13. The van der Waals surface area contributed by atoms with Crippen LogP contribution in [0.3, 0.4) is 0 Å². The number of aromatic nitrogens is 3. The van der Waals surface area contributed by atoms with Gasteiger partial charge in [0.15, 0.2) is 0 Å². The maximum absolute atomic E-state index is 11.7. The average molecular weight is 205 g/mol. The molecule has 0 fully saturated rings. The van der Waals surface area contributed by atoms with Gasteiger partial charge in [0, 0.05) is 19.5 Å². The molecular weight excluding hydrogens is 190 g/mol. The van der Waals surface area contributed by atoms with E-state index >= 15 is 0 Å². The summed E-state index contributed by atoms with van der Waals surface area (Å²) in [7, 11) is 1.69. The summed E-state index contributed by atoms with van der Waals surface area (Å²) in [6.45, 7) is 4.20. The predicted octanol–water partition coefficient (Wildman–Crippen LogP) is 1.20. The van der Waals surface area contributed by atoms with Crippen LogP contribution in [0.2, 0.25) is 0 Å². The minimum atomic E-state index is -0.0585. The van der Waals surface area contributed by atoms with Gasteiger partial charge >= 0.3 is 5.69 Å². The van der Waals surface area contributed by atoms with Gasteiger partial charge in [0.05, 0.1) is 0 Å². The van der Waals surface area contributed by atoms with E-state index in [0.29, 0.717) is 12.5 Å². The Labute approximate surface area is 88.5 Å². The van der Waals surface area contributed by atoms with Crippen LogP contribution >= 0.6 is 0 Å². The molecule has 1 aliphatic carbocycles. The fourth-order valence-electron chi connectivity index (χ4n) is 1.95. The summed E-state index contributed by atoms with van der Waals surface area (Å²) < 4.78 is 3.10. The molecule has 1 aromatic heterocycles. The molecule has 0 bridgehead atoms. The fraction of sp³-hybridized carbons (Fsp3) is 0.455. The highest BCUT2D eigenvalue weighted by Crippen LogP contribution is 2.26. The normalized spacial score (nSPS) is 16.1. The second-order valence-electron chi connectivity index (χ2n) is 3.80. The molecule has 0 aliphatic heterocycles. The second-order valence-corrected chi connectivity index (χ2v) is 3.80. The first-order chi connectivity index (χ1) is 7.24. The molecule has 0 saturated heterocycles. The van der Waals surface area contributed by atoms with E-state index in [2.05, 4.69) is 23.8 Å². The van der Waals surface area contributed by atoms with E-state index in [4.69, 9.17) is 0 Å². The summed E-state index contributed by atoms with van der Waals surface area (Å²) in [5, 5.41) is 4.29. The molecular formula is C11H15N3O. The zero-order valence-electron chi connectivity index (χ0n) is 8.89. The Morgan fingerprint density at radius 1 is 1.60 bits per heavy atom. The second kappa shape index (κ2) is 3.88. The minimum absolute atomic E-state index is 0.0585. The van der Waals surface area contributed by atoms with Crippen molar-refractivity contribution in [2.75, 3.05) is 0 Å². The standard InChI is InChI=1S/C11H15N3O/c1-3-8-14-10(9-6-4-5-7-9)12-13(2)11(14)15/h3-5,9H,1,6-8H2,2H3. The van der Waals surface area contributed by atoms with Crippen molar-refractivity contribution in [3.8, 4) is 0 Å². The maximum Gasteiger partial charge on any atom is 0.345 e. The summed E-state index contributed by atoms with van der Waals surface area (Å²) in [4.78, 5) is 11.7. The molecule has 80 valence electrons. The summed E-state index contributed by atoms with van der Waals surface area (Å²) in [5.74, 6) is 1.24. The first-order valence-electron chi connectivity index (χ1n) is 5.13.